The first-order valence-electron chi connectivity index (χ1n) is 9.31. The molecule has 1 atom stereocenters. The van der Waals surface area contributed by atoms with Crippen LogP contribution in [-0.2, 0) is 26.7 Å². The molecule has 2 rings (SSSR count). The Morgan fingerprint density at radius 2 is 1.79 bits per heavy atom. The van der Waals surface area contributed by atoms with Crippen LogP contribution in [0.15, 0.2) is 27.0 Å². The van der Waals surface area contributed by atoms with E-state index in [0.29, 0.717) is 10.4 Å². The molecule has 1 aromatic carbocycles. The average Bonchev–Trinajstić information content (AvgIpc) is 3.06. The molecule has 0 aliphatic rings. The van der Waals surface area contributed by atoms with E-state index in [2.05, 4.69) is 9.35 Å². The van der Waals surface area contributed by atoms with Gasteiger partial charge < -0.3 is 5.11 Å². The van der Waals surface area contributed by atoms with Gasteiger partial charge in [-0.15, -0.1) is 15.7 Å². The second kappa shape index (κ2) is 8.59. The SMILES string of the molecule is CC(C)c1cc(F)cc(C(C)C)c1CC(=O)N=[S@](N)(=O)c1ncc(C(C)(C)O)s1. The largest absolute Gasteiger partial charge is 0.385 e. The molecule has 1 amide bonds. The Morgan fingerprint density at radius 3 is 2.21 bits per heavy atom. The fourth-order valence-electron chi connectivity index (χ4n) is 2.96. The summed E-state index contributed by atoms with van der Waals surface area (Å²) in [5, 5.41) is 15.9. The van der Waals surface area contributed by atoms with Gasteiger partial charge in [-0.1, -0.05) is 27.7 Å². The molecular formula is C20H28FN3O3S2. The fraction of sp³-hybridized carbons (Fsp3) is 0.500. The van der Waals surface area contributed by atoms with E-state index in [0.717, 1.165) is 22.5 Å². The summed E-state index contributed by atoms with van der Waals surface area (Å²) in [5.74, 6) is -1.01. The van der Waals surface area contributed by atoms with Gasteiger partial charge in [0.05, 0.1) is 16.9 Å². The Labute approximate surface area is 175 Å². The fourth-order valence-corrected chi connectivity index (χ4v) is 5.12. The second-order valence-electron chi connectivity index (χ2n) is 8.15. The second-order valence-corrected chi connectivity index (χ2v) is 11.1. The number of hydrogen-bond acceptors (Lipinski definition) is 5. The molecule has 6 nitrogen and oxygen atoms in total. The number of halogens is 1. The lowest BCUT2D eigenvalue weighted by Crippen LogP contribution is -2.17. The minimum atomic E-state index is -3.55. The van der Waals surface area contributed by atoms with Crippen LogP contribution in [0.25, 0.3) is 0 Å². The third-order valence-corrected chi connectivity index (χ3v) is 7.58. The Balaban J connectivity index is 2.44. The summed E-state index contributed by atoms with van der Waals surface area (Å²) in [5.41, 5.74) is 0.970. The van der Waals surface area contributed by atoms with Gasteiger partial charge >= 0.3 is 0 Å². The van der Waals surface area contributed by atoms with E-state index in [1.807, 2.05) is 27.7 Å². The van der Waals surface area contributed by atoms with Crippen molar-refractivity contribution in [2.24, 2.45) is 9.50 Å². The Bertz CT molecular complexity index is 1000. The smallest absolute Gasteiger partial charge is 0.259 e. The van der Waals surface area contributed by atoms with Gasteiger partial charge in [0.25, 0.3) is 5.91 Å². The van der Waals surface area contributed by atoms with Gasteiger partial charge in [0, 0.05) is 6.20 Å². The van der Waals surface area contributed by atoms with Crippen molar-refractivity contribution in [2.45, 2.75) is 69.7 Å². The Morgan fingerprint density at radius 1 is 1.28 bits per heavy atom. The summed E-state index contributed by atoms with van der Waals surface area (Å²) in [6.45, 7) is 10.8. The minimum Gasteiger partial charge on any atom is -0.385 e. The van der Waals surface area contributed by atoms with Crippen molar-refractivity contribution in [3.63, 3.8) is 0 Å². The maximum Gasteiger partial charge on any atom is 0.259 e. The predicted octanol–water partition coefficient (Wildman–Crippen LogP) is 4.23. The van der Waals surface area contributed by atoms with Crippen LogP contribution in [0, 0.1) is 5.82 Å². The number of amides is 1. The maximum absolute atomic E-state index is 14.1. The van der Waals surface area contributed by atoms with E-state index in [9.17, 15) is 18.5 Å². The van der Waals surface area contributed by atoms with E-state index in [1.165, 1.54) is 18.3 Å². The normalized spacial score (nSPS) is 14.3. The van der Waals surface area contributed by atoms with E-state index < -0.39 is 21.4 Å². The summed E-state index contributed by atoms with van der Waals surface area (Å²) in [6.07, 6.45) is 1.25. The van der Waals surface area contributed by atoms with Gasteiger partial charge in [0.15, 0.2) is 9.92 Å². The molecule has 1 aromatic heterocycles. The summed E-state index contributed by atoms with van der Waals surface area (Å²) in [7, 11) is -3.55. The zero-order valence-corrected chi connectivity index (χ0v) is 19.2. The van der Waals surface area contributed by atoms with Crippen molar-refractivity contribution in [3.8, 4) is 0 Å². The van der Waals surface area contributed by atoms with Gasteiger partial charge in [0.2, 0.25) is 4.34 Å². The quantitative estimate of drug-likeness (QED) is 0.700. The Kier molecular flexibility index (Phi) is 6.99. The van der Waals surface area contributed by atoms with Gasteiger partial charge in [-0.2, -0.15) is 0 Å². The average molecular weight is 442 g/mol. The van der Waals surface area contributed by atoms with Crippen LogP contribution in [0.1, 0.15) is 74.9 Å². The number of aliphatic hydroxyl groups is 1. The molecule has 29 heavy (non-hydrogen) atoms. The molecule has 0 unspecified atom stereocenters. The molecule has 0 aliphatic heterocycles. The van der Waals surface area contributed by atoms with Crippen molar-refractivity contribution in [3.05, 3.63) is 45.7 Å². The number of carbonyl (C=O) groups is 1. The molecule has 0 aliphatic carbocycles. The molecule has 1 heterocycles. The topological polar surface area (TPSA) is 106 Å². The molecule has 0 bridgehead atoms. The maximum atomic E-state index is 14.1. The number of hydrogen-bond donors (Lipinski definition) is 2. The summed E-state index contributed by atoms with van der Waals surface area (Å²) < 4.78 is 30.6. The summed E-state index contributed by atoms with van der Waals surface area (Å²) >= 11 is 0.956. The number of benzene rings is 1. The Hall–Kier alpha value is -1.68. The summed E-state index contributed by atoms with van der Waals surface area (Å²) in [4.78, 5) is 17.1. The molecular weight excluding hydrogens is 413 g/mol. The molecule has 2 aromatic rings. The molecule has 0 spiro atoms. The van der Waals surface area contributed by atoms with Crippen molar-refractivity contribution in [1.82, 2.24) is 4.98 Å². The van der Waals surface area contributed by atoms with Crippen molar-refractivity contribution >= 4 is 27.2 Å². The number of aromatic nitrogens is 1. The minimum absolute atomic E-state index is 0.00142. The number of rotatable bonds is 6. The van der Waals surface area contributed by atoms with Gasteiger partial charge in [-0.25, -0.2) is 18.7 Å². The van der Waals surface area contributed by atoms with Crippen LogP contribution in [0.2, 0.25) is 0 Å². The van der Waals surface area contributed by atoms with Crippen molar-refractivity contribution in [2.75, 3.05) is 0 Å². The zero-order chi connectivity index (χ0) is 22.1. The molecule has 3 N–H and O–H groups in total. The highest BCUT2D eigenvalue weighted by atomic mass is 32.2. The van der Waals surface area contributed by atoms with Crippen LogP contribution in [0.5, 0.6) is 0 Å². The highest BCUT2D eigenvalue weighted by Crippen LogP contribution is 2.31. The third-order valence-electron chi connectivity index (χ3n) is 4.43. The van der Waals surface area contributed by atoms with E-state index in [1.54, 1.807) is 13.8 Å². The number of nitrogens with two attached hydrogens (primary N) is 1. The van der Waals surface area contributed by atoms with E-state index in [-0.39, 0.29) is 28.4 Å². The van der Waals surface area contributed by atoms with Gasteiger partial charge in [-0.05, 0) is 54.5 Å². The first kappa shape index (κ1) is 23.6. The van der Waals surface area contributed by atoms with Crippen LogP contribution in [-0.4, -0.2) is 20.2 Å². The molecule has 0 saturated carbocycles. The number of thiazole rings is 1. The molecule has 0 fully saturated rings. The standard InChI is InChI=1S/C20H28FN3O3S2/c1-11(2)14-7-13(21)8-15(12(3)4)16(14)9-18(25)24-29(22,27)19-23-10-17(28-19)20(5,6)26/h7-8,10-12,26H,9H2,1-6H3,(H2,22,24,25,27)/t29-/m0/s1. The number of nitrogens with zero attached hydrogens (tertiary/aromatic N) is 2. The lowest BCUT2D eigenvalue weighted by Gasteiger charge is -2.19. The third kappa shape index (κ3) is 5.69. The highest BCUT2D eigenvalue weighted by Gasteiger charge is 2.24. The van der Waals surface area contributed by atoms with E-state index in [4.69, 9.17) is 5.14 Å². The molecule has 9 heteroatoms. The van der Waals surface area contributed by atoms with Crippen LogP contribution < -0.4 is 5.14 Å². The van der Waals surface area contributed by atoms with Crippen LogP contribution in [0.3, 0.4) is 0 Å². The zero-order valence-electron chi connectivity index (χ0n) is 17.5. The lowest BCUT2D eigenvalue weighted by molar-refractivity contribution is -0.117. The lowest BCUT2D eigenvalue weighted by atomic mass is 9.87. The highest BCUT2D eigenvalue weighted by molar-refractivity contribution is 7.93. The monoisotopic (exact) mass is 441 g/mol. The van der Waals surface area contributed by atoms with Crippen LogP contribution in [0.4, 0.5) is 4.39 Å². The molecule has 0 saturated heterocycles. The molecule has 0 radical (unpaired) electrons. The van der Waals surface area contributed by atoms with Crippen molar-refractivity contribution in [1.29, 1.82) is 0 Å². The van der Waals surface area contributed by atoms with E-state index >= 15 is 0 Å². The van der Waals surface area contributed by atoms with Gasteiger partial charge in [-0.3, -0.25) is 4.79 Å². The van der Waals surface area contributed by atoms with Gasteiger partial charge in [0.1, 0.15) is 5.82 Å². The summed E-state index contributed by atoms with van der Waals surface area (Å²) in [6, 6.07) is 2.85. The van der Waals surface area contributed by atoms with Crippen LogP contribution >= 0.6 is 11.3 Å². The first-order chi connectivity index (χ1) is 13.2. The number of carbonyl (C=O) groups excluding carboxylic acids is 1. The predicted molar refractivity (Wildman–Crippen MR) is 114 cm³/mol. The first-order valence-corrected chi connectivity index (χ1v) is 11.7. The van der Waals surface area contributed by atoms with Crippen molar-refractivity contribution < 1.29 is 18.5 Å². The molecule has 160 valence electrons.